The molecule has 3 rings (SSSR count). The Bertz CT molecular complexity index is 1230. The zero-order valence-electron chi connectivity index (χ0n) is 20.2. The highest BCUT2D eigenvalue weighted by Crippen LogP contribution is 2.30. The first-order chi connectivity index (χ1) is 16.8. The largest absolute Gasteiger partial charge is 0.497 e. The van der Waals surface area contributed by atoms with Gasteiger partial charge in [0.2, 0.25) is 5.91 Å². The predicted octanol–water partition coefficient (Wildman–Crippen LogP) is 4.18. The molecule has 0 aliphatic carbocycles. The molecule has 0 fully saturated rings. The Morgan fingerprint density at radius 1 is 0.943 bits per heavy atom. The molecule has 186 valence electrons. The number of hydrogen-bond acceptors (Lipinski definition) is 6. The summed E-state index contributed by atoms with van der Waals surface area (Å²) in [5.41, 5.74) is 1.05. The predicted molar refractivity (Wildman–Crippen MR) is 135 cm³/mol. The van der Waals surface area contributed by atoms with Gasteiger partial charge in [-0.3, -0.25) is 9.10 Å². The van der Waals surface area contributed by atoms with Crippen molar-refractivity contribution in [1.29, 1.82) is 0 Å². The number of benzene rings is 3. The summed E-state index contributed by atoms with van der Waals surface area (Å²) in [6.45, 7) is 3.73. The number of ether oxygens (including phenoxy) is 3. The average molecular weight is 499 g/mol. The maximum Gasteiger partial charge on any atom is 0.264 e. The third kappa shape index (κ3) is 6.24. The lowest BCUT2D eigenvalue weighted by atomic mass is 10.1. The van der Waals surface area contributed by atoms with Gasteiger partial charge in [0, 0.05) is 5.56 Å². The van der Waals surface area contributed by atoms with Crippen LogP contribution in [0.2, 0.25) is 0 Å². The van der Waals surface area contributed by atoms with E-state index in [-0.39, 0.29) is 4.90 Å². The number of methoxy groups -OCH3 is 2. The Morgan fingerprint density at radius 2 is 1.60 bits per heavy atom. The van der Waals surface area contributed by atoms with Crippen LogP contribution in [0.15, 0.2) is 77.7 Å². The monoisotopic (exact) mass is 498 g/mol. The number of carbonyl (C=O) groups is 1. The third-order valence-corrected chi connectivity index (χ3v) is 7.12. The number of amides is 1. The van der Waals surface area contributed by atoms with Crippen LogP contribution in [0.5, 0.6) is 17.2 Å². The molecule has 0 unspecified atom stereocenters. The fraction of sp³-hybridized carbons (Fsp3) is 0.269. The van der Waals surface area contributed by atoms with Crippen LogP contribution < -0.4 is 23.8 Å². The third-order valence-electron chi connectivity index (χ3n) is 5.33. The Balaban J connectivity index is 1.89. The molecular formula is C26H30N2O6S. The van der Waals surface area contributed by atoms with E-state index in [1.54, 1.807) is 81.8 Å². The maximum atomic E-state index is 13.5. The van der Waals surface area contributed by atoms with Crippen molar-refractivity contribution in [2.24, 2.45) is 0 Å². The Labute approximate surface area is 206 Å². The summed E-state index contributed by atoms with van der Waals surface area (Å²) >= 11 is 0. The van der Waals surface area contributed by atoms with E-state index in [1.807, 2.05) is 6.92 Å². The second-order valence-electron chi connectivity index (χ2n) is 7.65. The van der Waals surface area contributed by atoms with Crippen LogP contribution in [0.25, 0.3) is 0 Å². The van der Waals surface area contributed by atoms with Gasteiger partial charge in [0.05, 0.1) is 37.5 Å². The first-order valence-electron chi connectivity index (χ1n) is 11.1. The molecule has 1 N–H and O–H groups in total. The molecule has 8 nitrogen and oxygen atoms in total. The fourth-order valence-electron chi connectivity index (χ4n) is 3.58. The van der Waals surface area contributed by atoms with Gasteiger partial charge >= 0.3 is 0 Å². The quantitative estimate of drug-likeness (QED) is 0.426. The van der Waals surface area contributed by atoms with Gasteiger partial charge in [0.15, 0.2) is 0 Å². The van der Waals surface area contributed by atoms with Gasteiger partial charge < -0.3 is 19.5 Å². The molecular weight excluding hydrogens is 468 g/mol. The van der Waals surface area contributed by atoms with Crippen LogP contribution >= 0.6 is 0 Å². The molecule has 3 aromatic rings. The zero-order chi connectivity index (χ0) is 25.4. The van der Waals surface area contributed by atoms with Crippen molar-refractivity contribution in [3.8, 4) is 17.2 Å². The number of nitrogens with zero attached hydrogens (tertiary/aromatic N) is 1. The van der Waals surface area contributed by atoms with Crippen LogP contribution in [0.3, 0.4) is 0 Å². The standard InChI is InChI=1S/C26H30N2O6S/c1-5-34-21-13-11-20(12-14-21)28(35(30,31)23-9-7-6-8-10-23)18-26(29)27-19(2)24-17-22(32-3)15-16-25(24)33-4/h6-17,19H,5,18H2,1-4H3,(H,27,29)/t19-/m0/s1. The van der Waals surface area contributed by atoms with Crippen molar-refractivity contribution in [1.82, 2.24) is 5.32 Å². The van der Waals surface area contributed by atoms with E-state index in [2.05, 4.69) is 5.32 Å². The summed E-state index contributed by atoms with van der Waals surface area (Å²) in [4.78, 5) is 13.2. The molecule has 1 amide bonds. The van der Waals surface area contributed by atoms with Crippen molar-refractivity contribution in [2.45, 2.75) is 24.8 Å². The number of hydrogen-bond donors (Lipinski definition) is 1. The van der Waals surface area contributed by atoms with Crippen LogP contribution in [0.4, 0.5) is 5.69 Å². The molecule has 9 heteroatoms. The number of rotatable bonds is 11. The van der Waals surface area contributed by atoms with E-state index in [4.69, 9.17) is 14.2 Å². The van der Waals surface area contributed by atoms with E-state index in [0.717, 1.165) is 4.31 Å². The van der Waals surface area contributed by atoms with Gasteiger partial charge in [0.25, 0.3) is 10.0 Å². The molecule has 0 saturated carbocycles. The maximum absolute atomic E-state index is 13.5. The van der Waals surface area contributed by atoms with Crippen molar-refractivity contribution in [2.75, 3.05) is 31.7 Å². The van der Waals surface area contributed by atoms with Gasteiger partial charge in [0.1, 0.15) is 23.8 Å². The highest BCUT2D eigenvalue weighted by molar-refractivity contribution is 7.92. The highest BCUT2D eigenvalue weighted by Gasteiger charge is 2.28. The van der Waals surface area contributed by atoms with Gasteiger partial charge in [-0.25, -0.2) is 8.42 Å². The lowest BCUT2D eigenvalue weighted by molar-refractivity contribution is -0.120. The summed E-state index contributed by atoms with van der Waals surface area (Å²) in [5, 5.41) is 2.87. The summed E-state index contributed by atoms with van der Waals surface area (Å²) in [7, 11) is -0.916. The molecule has 0 heterocycles. The molecule has 0 bridgehead atoms. The molecule has 0 spiro atoms. The molecule has 0 saturated heterocycles. The Morgan fingerprint density at radius 3 is 2.20 bits per heavy atom. The van der Waals surface area contributed by atoms with Gasteiger partial charge in [-0.15, -0.1) is 0 Å². The molecule has 3 aromatic carbocycles. The topological polar surface area (TPSA) is 94.2 Å². The van der Waals surface area contributed by atoms with E-state index >= 15 is 0 Å². The lowest BCUT2D eigenvalue weighted by Gasteiger charge is -2.25. The Hall–Kier alpha value is -3.72. The SMILES string of the molecule is CCOc1ccc(N(CC(=O)N[C@@H](C)c2cc(OC)ccc2OC)S(=O)(=O)c2ccccc2)cc1. The van der Waals surface area contributed by atoms with Crippen molar-refractivity contribution >= 4 is 21.6 Å². The Kier molecular flexibility index (Phi) is 8.59. The van der Waals surface area contributed by atoms with Gasteiger partial charge in [-0.05, 0) is 68.4 Å². The number of anilines is 1. The van der Waals surface area contributed by atoms with Crippen LogP contribution in [-0.4, -0.2) is 41.7 Å². The average Bonchev–Trinajstić information content (AvgIpc) is 2.88. The number of carbonyl (C=O) groups excluding carboxylic acids is 1. The smallest absolute Gasteiger partial charge is 0.264 e. The van der Waals surface area contributed by atoms with E-state index in [9.17, 15) is 13.2 Å². The molecule has 35 heavy (non-hydrogen) atoms. The van der Waals surface area contributed by atoms with Crippen molar-refractivity contribution in [3.63, 3.8) is 0 Å². The fourth-order valence-corrected chi connectivity index (χ4v) is 5.03. The molecule has 0 radical (unpaired) electrons. The zero-order valence-corrected chi connectivity index (χ0v) is 21.0. The van der Waals surface area contributed by atoms with Gasteiger partial charge in [-0.1, -0.05) is 18.2 Å². The second-order valence-corrected chi connectivity index (χ2v) is 9.51. The van der Waals surface area contributed by atoms with Gasteiger partial charge in [-0.2, -0.15) is 0 Å². The van der Waals surface area contributed by atoms with Crippen LogP contribution in [0.1, 0.15) is 25.5 Å². The second kappa shape index (κ2) is 11.6. The number of nitrogens with one attached hydrogen (secondary N) is 1. The number of sulfonamides is 1. The van der Waals surface area contributed by atoms with Crippen LogP contribution in [-0.2, 0) is 14.8 Å². The highest BCUT2D eigenvalue weighted by atomic mass is 32.2. The molecule has 0 aliphatic heterocycles. The van der Waals surface area contributed by atoms with E-state index in [0.29, 0.717) is 35.1 Å². The normalized spacial score (nSPS) is 11.9. The minimum Gasteiger partial charge on any atom is -0.497 e. The summed E-state index contributed by atoms with van der Waals surface area (Å²) in [6, 6.07) is 19.4. The first-order valence-corrected chi connectivity index (χ1v) is 12.6. The minimum absolute atomic E-state index is 0.0872. The molecule has 1 atom stereocenters. The van der Waals surface area contributed by atoms with Crippen molar-refractivity contribution in [3.05, 3.63) is 78.4 Å². The molecule has 0 aliphatic rings. The summed E-state index contributed by atoms with van der Waals surface area (Å²) in [6.07, 6.45) is 0. The minimum atomic E-state index is -4.01. The summed E-state index contributed by atoms with van der Waals surface area (Å²) < 4.78 is 44.2. The van der Waals surface area contributed by atoms with Crippen LogP contribution in [0, 0.1) is 0 Å². The first kappa shape index (κ1) is 25.9. The summed E-state index contributed by atoms with van der Waals surface area (Å²) in [5.74, 6) is 1.33. The van der Waals surface area contributed by atoms with Crippen molar-refractivity contribution < 1.29 is 27.4 Å². The van der Waals surface area contributed by atoms with E-state index < -0.39 is 28.5 Å². The molecule has 0 aromatic heterocycles. The lowest BCUT2D eigenvalue weighted by Crippen LogP contribution is -2.41. The van der Waals surface area contributed by atoms with E-state index in [1.165, 1.54) is 12.1 Å².